The summed E-state index contributed by atoms with van der Waals surface area (Å²) in [5, 5.41) is 6.43. The van der Waals surface area contributed by atoms with Gasteiger partial charge in [0, 0.05) is 24.7 Å². The highest BCUT2D eigenvalue weighted by atomic mass is 16.2. The van der Waals surface area contributed by atoms with Crippen molar-refractivity contribution in [2.75, 3.05) is 25.0 Å². The molecule has 3 rings (SSSR count). The summed E-state index contributed by atoms with van der Waals surface area (Å²) in [4.78, 5) is 14.7. The third-order valence-corrected chi connectivity index (χ3v) is 4.50. The van der Waals surface area contributed by atoms with Crippen LogP contribution in [-0.2, 0) is 11.2 Å². The minimum atomic E-state index is -0.108. The van der Waals surface area contributed by atoms with E-state index in [1.165, 1.54) is 24.9 Å². The minimum absolute atomic E-state index is 0.108. The fraction of sp³-hybridized carbons (Fsp3) is 0.562. The molecule has 2 heterocycles. The topological polar surface area (TPSA) is 44.4 Å². The normalized spacial score (nSPS) is 25.2. The minimum Gasteiger partial charge on any atom is -0.373 e. The van der Waals surface area contributed by atoms with Crippen molar-refractivity contribution >= 4 is 11.6 Å². The molecule has 1 aromatic rings. The van der Waals surface area contributed by atoms with Gasteiger partial charge in [-0.3, -0.25) is 9.69 Å². The molecule has 2 unspecified atom stereocenters. The van der Waals surface area contributed by atoms with Crippen LogP contribution in [0, 0.1) is 0 Å². The van der Waals surface area contributed by atoms with Crippen LogP contribution in [-0.4, -0.2) is 42.5 Å². The van der Waals surface area contributed by atoms with Crippen LogP contribution in [0.1, 0.15) is 25.3 Å². The van der Waals surface area contributed by atoms with Crippen molar-refractivity contribution < 1.29 is 4.79 Å². The summed E-state index contributed by atoms with van der Waals surface area (Å²) in [5.74, 6) is 0.129. The van der Waals surface area contributed by atoms with Crippen molar-refractivity contribution in [3.63, 3.8) is 0 Å². The molecule has 108 valence electrons. The van der Waals surface area contributed by atoms with Gasteiger partial charge in [0.2, 0.25) is 5.91 Å². The Morgan fingerprint density at radius 3 is 3.10 bits per heavy atom. The third-order valence-electron chi connectivity index (χ3n) is 4.50. The van der Waals surface area contributed by atoms with E-state index in [0.717, 1.165) is 25.2 Å². The number of likely N-dealkylation sites (tertiary alicyclic amines) is 1. The second-order valence-corrected chi connectivity index (χ2v) is 5.73. The zero-order valence-electron chi connectivity index (χ0n) is 12.1. The van der Waals surface area contributed by atoms with Crippen LogP contribution in [0.4, 0.5) is 5.69 Å². The first-order valence-electron chi connectivity index (χ1n) is 7.64. The lowest BCUT2D eigenvalue weighted by Crippen LogP contribution is -2.45. The SMILES string of the molecule is CCN1CCCC1CNC(=O)C1Cc2ccccc2N1. The van der Waals surface area contributed by atoms with E-state index in [9.17, 15) is 4.79 Å². The first-order valence-corrected chi connectivity index (χ1v) is 7.64. The van der Waals surface area contributed by atoms with E-state index in [2.05, 4.69) is 28.5 Å². The number of likely N-dealkylation sites (N-methyl/N-ethyl adjacent to an activating group) is 1. The van der Waals surface area contributed by atoms with Crippen molar-refractivity contribution in [1.82, 2.24) is 10.2 Å². The molecule has 1 saturated heterocycles. The van der Waals surface area contributed by atoms with Gasteiger partial charge in [0.15, 0.2) is 0 Å². The van der Waals surface area contributed by atoms with E-state index in [1.807, 2.05) is 18.2 Å². The summed E-state index contributed by atoms with van der Waals surface area (Å²) in [6, 6.07) is 8.57. The number of rotatable bonds is 4. The molecular formula is C16H23N3O. The van der Waals surface area contributed by atoms with E-state index in [-0.39, 0.29) is 11.9 Å². The Morgan fingerprint density at radius 1 is 1.45 bits per heavy atom. The predicted octanol–water partition coefficient (Wildman–Crippen LogP) is 1.62. The van der Waals surface area contributed by atoms with Crippen LogP contribution in [0.25, 0.3) is 0 Å². The van der Waals surface area contributed by atoms with Crippen molar-refractivity contribution in [1.29, 1.82) is 0 Å². The van der Waals surface area contributed by atoms with E-state index in [4.69, 9.17) is 0 Å². The molecule has 2 atom stereocenters. The lowest BCUT2D eigenvalue weighted by molar-refractivity contribution is -0.121. The van der Waals surface area contributed by atoms with E-state index in [1.54, 1.807) is 0 Å². The Balaban J connectivity index is 1.51. The van der Waals surface area contributed by atoms with Gasteiger partial charge >= 0.3 is 0 Å². The Kier molecular flexibility index (Phi) is 3.92. The molecule has 4 heteroatoms. The summed E-state index contributed by atoms with van der Waals surface area (Å²) in [7, 11) is 0. The summed E-state index contributed by atoms with van der Waals surface area (Å²) in [6.45, 7) is 5.22. The number of hydrogen-bond acceptors (Lipinski definition) is 3. The Labute approximate surface area is 120 Å². The Morgan fingerprint density at radius 2 is 2.30 bits per heavy atom. The summed E-state index contributed by atoms with van der Waals surface area (Å²) < 4.78 is 0. The van der Waals surface area contributed by atoms with Crippen LogP contribution in [0.15, 0.2) is 24.3 Å². The first kappa shape index (κ1) is 13.4. The molecule has 0 radical (unpaired) electrons. The maximum absolute atomic E-state index is 12.3. The van der Waals surface area contributed by atoms with Gasteiger partial charge in [-0.05, 0) is 37.6 Å². The highest BCUT2D eigenvalue weighted by Gasteiger charge is 2.28. The molecule has 0 aromatic heterocycles. The number of amides is 1. The standard InChI is InChI=1S/C16H23N3O/c1-2-19-9-5-7-13(19)11-17-16(20)15-10-12-6-3-4-8-14(12)18-15/h3-4,6,8,13,15,18H,2,5,7,9-11H2,1H3,(H,17,20). The lowest BCUT2D eigenvalue weighted by Gasteiger charge is -2.23. The van der Waals surface area contributed by atoms with Crippen LogP contribution in [0.5, 0.6) is 0 Å². The number of fused-ring (bicyclic) bond motifs is 1. The zero-order valence-corrected chi connectivity index (χ0v) is 12.1. The zero-order chi connectivity index (χ0) is 13.9. The van der Waals surface area contributed by atoms with E-state index in [0.29, 0.717) is 6.04 Å². The highest BCUT2D eigenvalue weighted by molar-refractivity contribution is 5.87. The number of hydrogen-bond donors (Lipinski definition) is 2. The average molecular weight is 273 g/mol. The summed E-state index contributed by atoms with van der Waals surface area (Å²) in [6.07, 6.45) is 3.25. The van der Waals surface area contributed by atoms with Crippen LogP contribution < -0.4 is 10.6 Å². The fourth-order valence-electron chi connectivity index (χ4n) is 3.34. The Hall–Kier alpha value is -1.55. The van der Waals surface area contributed by atoms with Crippen LogP contribution >= 0.6 is 0 Å². The molecule has 1 amide bonds. The van der Waals surface area contributed by atoms with Gasteiger partial charge in [-0.25, -0.2) is 0 Å². The monoisotopic (exact) mass is 273 g/mol. The van der Waals surface area contributed by atoms with Gasteiger partial charge in [0.05, 0.1) is 0 Å². The first-order chi connectivity index (χ1) is 9.78. The molecule has 2 aliphatic rings. The molecule has 2 aliphatic heterocycles. The second kappa shape index (κ2) is 5.83. The molecule has 0 aliphatic carbocycles. The van der Waals surface area contributed by atoms with Crippen molar-refractivity contribution in [2.24, 2.45) is 0 Å². The molecule has 0 saturated carbocycles. The molecule has 20 heavy (non-hydrogen) atoms. The molecule has 2 N–H and O–H groups in total. The smallest absolute Gasteiger partial charge is 0.242 e. The lowest BCUT2D eigenvalue weighted by atomic mass is 10.1. The number of para-hydroxylation sites is 1. The molecular weight excluding hydrogens is 250 g/mol. The van der Waals surface area contributed by atoms with Gasteiger partial charge in [0.25, 0.3) is 0 Å². The number of benzene rings is 1. The molecule has 0 bridgehead atoms. The predicted molar refractivity (Wildman–Crippen MR) is 80.8 cm³/mol. The number of nitrogens with zero attached hydrogens (tertiary/aromatic N) is 1. The van der Waals surface area contributed by atoms with Gasteiger partial charge in [-0.2, -0.15) is 0 Å². The van der Waals surface area contributed by atoms with Gasteiger partial charge in [0.1, 0.15) is 6.04 Å². The molecule has 1 fully saturated rings. The van der Waals surface area contributed by atoms with Crippen LogP contribution in [0.3, 0.4) is 0 Å². The number of nitrogens with one attached hydrogen (secondary N) is 2. The summed E-state index contributed by atoms with van der Waals surface area (Å²) in [5.41, 5.74) is 2.34. The van der Waals surface area contributed by atoms with Gasteiger partial charge < -0.3 is 10.6 Å². The molecule has 1 aromatic carbocycles. The third kappa shape index (κ3) is 2.66. The maximum Gasteiger partial charge on any atom is 0.242 e. The largest absolute Gasteiger partial charge is 0.373 e. The average Bonchev–Trinajstić information content (AvgIpc) is 3.10. The highest BCUT2D eigenvalue weighted by Crippen LogP contribution is 2.25. The molecule has 4 nitrogen and oxygen atoms in total. The van der Waals surface area contributed by atoms with Gasteiger partial charge in [-0.1, -0.05) is 25.1 Å². The van der Waals surface area contributed by atoms with Crippen molar-refractivity contribution in [2.45, 2.75) is 38.3 Å². The van der Waals surface area contributed by atoms with E-state index < -0.39 is 0 Å². The summed E-state index contributed by atoms with van der Waals surface area (Å²) >= 11 is 0. The maximum atomic E-state index is 12.3. The van der Waals surface area contributed by atoms with Gasteiger partial charge in [-0.15, -0.1) is 0 Å². The Bertz CT molecular complexity index is 463. The second-order valence-electron chi connectivity index (χ2n) is 5.73. The number of carbonyl (C=O) groups excluding carboxylic acids is 1. The van der Waals surface area contributed by atoms with Crippen molar-refractivity contribution in [3.05, 3.63) is 29.8 Å². The number of carbonyl (C=O) groups is 1. The van der Waals surface area contributed by atoms with Crippen molar-refractivity contribution in [3.8, 4) is 0 Å². The van der Waals surface area contributed by atoms with Crippen LogP contribution in [0.2, 0.25) is 0 Å². The quantitative estimate of drug-likeness (QED) is 0.876. The number of anilines is 1. The molecule has 0 spiro atoms. The fourth-order valence-corrected chi connectivity index (χ4v) is 3.34. The van der Waals surface area contributed by atoms with E-state index >= 15 is 0 Å².